The van der Waals surface area contributed by atoms with Crippen LogP contribution >= 0.6 is 0 Å². The molecule has 0 saturated heterocycles. The largest absolute Gasteiger partial charge is 0.335 e. The molecule has 20 heavy (non-hydrogen) atoms. The summed E-state index contributed by atoms with van der Waals surface area (Å²) in [6.07, 6.45) is 4.73. The molecule has 1 aromatic carbocycles. The lowest BCUT2D eigenvalue weighted by Gasteiger charge is -2.18. The van der Waals surface area contributed by atoms with Gasteiger partial charge in [-0.05, 0) is 55.7 Å². The molecule has 2 fully saturated rings. The number of anilines is 1. The summed E-state index contributed by atoms with van der Waals surface area (Å²) in [5.74, 6) is 0.732. The minimum absolute atomic E-state index is 0.134. The van der Waals surface area contributed by atoms with Gasteiger partial charge >= 0.3 is 6.03 Å². The highest BCUT2D eigenvalue weighted by atomic mass is 19.1. The quantitative estimate of drug-likeness (QED) is 0.885. The minimum atomic E-state index is -0.485. The highest BCUT2D eigenvalue weighted by Gasteiger charge is 2.42. The summed E-state index contributed by atoms with van der Waals surface area (Å²) < 4.78 is 13.0. The molecule has 5 heteroatoms. The van der Waals surface area contributed by atoms with Crippen LogP contribution in [0.15, 0.2) is 18.2 Å². The van der Waals surface area contributed by atoms with Gasteiger partial charge in [0, 0.05) is 6.04 Å². The molecule has 1 aromatic rings. The number of hydrogen-bond donors (Lipinski definition) is 2. The number of urea groups is 1. The fourth-order valence-corrected chi connectivity index (χ4v) is 2.56. The predicted molar refractivity (Wildman–Crippen MR) is 72.5 cm³/mol. The van der Waals surface area contributed by atoms with Crippen molar-refractivity contribution in [2.24, 2.45) is 11.8 Å². The van der Waals surface area contributed by atoms with Crippen molar-refractivity contribution in [2.75, 3.05) is 5.32 Å². The molecule has 2 N–H and O–H groups in total. The highest BCUT2D eigenvalue weighted by Crippen LogP contribution is 2.44. The van der Waals surface area contributed by atoms with Gasteiger partial charge in [-0.25, -0.2) is 9.18 Å². The number of amides is 2. The van der Waals surface area contributed by atoms with Gasteiger partial charge in [-0.3, -0.25) is 0 Å². The molecule has 0 radical (unpaired) electrons. The Labute approximate surface area is 117 Å². The van der Waals surface area contributed by atoms with Crippen LogP contribution in [0, 0.1) is 29.0 Å². The second kappa shape index (κ2) is 5.12. The number of halogens is 1. The van der Waals surface area contributed by atoms with E-state index in [0.717, 1.165) is 6.07 Å². The molecule has 104 valence electrons. The summed E-state index contributed by atoms with van der Waals surface area (Å²) in [4.78, 5) is 12.0. The van der Waals surface area contributed by atoms with Crippen molar-refractivity contribution >= 4 is 11.7 Å². The first-order valence-corrected chi connectivity index (χ1v) is 6.94. The number of carbonyl (C=O) groups is 1. The molecule has 0 bridgehead atoms. The Morgan fingerprint density at radius 1 is 1.30 bits per heavy atom. The smallest absolute Gasteiger partial charge is 0.319 e. The molecule has 2 aliphatic rings. The maximum Gasteiger partial charge on any atom is 0.319 e. The summed E-state index contributed by atoms with van der Waals surface area (Å²) >= 11 is 0. The number of nitrogens with zero attached hydrogens (tertiary/aromatic N) is 1. The van der Waals surface area contributed by atoms with Crippen molar-refractivity contribution < 1.29 is 9.18 Å². The molecule has 3 rings (SSSR count). The molecule has 4 nitrogen and oxygen atoms in total. The summed E-state index contributed by atoms with van der Waals surface area (Å²) in [7, 11) is 0. The fourth-order valence-electron chi connectivity index (χ4n) is 2.56. The first kappa shape index (κ1) is 12.9. The monoisotopic (exact) mass is 273 g/mol. The lowest BCUT2D eigenvalue weighted by atomic mass is 10.1. The van der Waals surface area contributed by atoms with Crippen molar-refractivity contribution in [1.82, 2.24) is 5.32 Å². The Morgan fingerprint density at radius 2 is 1.95 bits per heavy atom. The summed E-state index contributed by atoms with van der Waals surface area (Å²) in [6.45, 7) is 0. The highest BCUT2D eigenvalue weighted by molar-refractivity contribution is 5.91. The third kappa shape index (κ3) is 2.90. The van der Waals surface area contributed by atoms with Crippen LogP contribution in [-0.4, -0.2) is 12.1 Å². The topological polar surface area (TPSA) is 64.9 Å². The van der Waals surface area contributed by atoms with Crippen molar-refractivity contribution in [3.05, 3.63) is 29.6 Å². The zero-order valence-electron chi connectivity index (χ0n) is 11.0. The molecule has 2 aliphatic carbocycles. The van der Waals surface area contributed by atoms with Crippen LogP contribution in [0.2, 0.25) is 0 Å². The van der Waals surface area contributed by atoms with Gasteiger partial charge in [-0.1, -0.05) is 0 Å². The van der Waals surface area contributed by atoms with E-state index in [-0.39, 0.29) is 17.6 Å². The molecule has 0 aliphatic heterocycles. The number of rotatable bonds is 4. The van der Waals surface area contributed by atoms with E-state index in [1.807, 2.05) is 6.07 Å². The Morgan fingerprint density at radius 3 is 2.50 bits per heavy atom. The maximum absolute atomic E-state index is 13.0. The zero-order valence-corrected chi connectivity index (χ0v) is 11.0. The Bertz CT molecular complexity index is 561. The van der Waals surface area contributed by atoms with Crippen LogP contribution in [0.25, 0.3) is 0 Å². The van der Waals surface area contributed by atoms with E-state index in [9.17, 15) is 9.18 Å². The zero-order chi connectivity index (χ0) is 14.1. The van der Waals surface area contributed by atoms with Gasteiger partial charge in [0.25, 0.3) is 0 Å². The van der Waals surface area contributed by atoms with Crippen molar-refractivity contribution in [1.29, 1.82) is 5.26 Å². The second-order valence-corrected chi connectivity index (χ2v) is 5.60. The Hall–Kier alpha value is -2.09. The van der Waals surface area contributed by atoms with Gasteiger partial charge in [-0.15, -0.1) is 0 Å². The van der Waals surface area contributed by atoms with Gasteiger partial charge in [0.05, 0.1) is 11.3 Å². The van der Waals surface area contributed by atoms with Gasteiger partial charge in [0.15, 0.2) is 0 Å². The lowest BCUT2D eigenvalue weighted by molar-refractivity contribution is 0.245. The first-order valence-electron chi connectivity index (χ1n) is 6.94. The predicted octanol–water partition coefficient (Wildman–Crippen LogP) is 3.01. The Balaban J connectivity index is 1.65. The van der Waals surface area contributed by atoms with Crippen LogP contribution in [-0.2, 0) is 0 Å². The number of carbonyl (C=O) groups excluding carboxylic acids is 1. The molecule has 0 unspecified atom stereocenters. The lowest BCUT2D eigenvalue weighted by Crippen LogP contribution is -2.40. The van der Waals surface area contributed by atoms with E-state index in [1.165, 1.54) is 37.8 Å². The number of benzene rings is 1. The average molecular weight is 273 g/mol. The van der Waals surface area contributed by atoms with Crippen LogP contribution < -0.4 is 10.6 Å². The van der Waals surface area contributed by atoms with E-state index in [2.05, 4.69) is 10.6 Å². The second-order valence-electron chi connectivity index (χ2n) is 5.60. The number of nitriles is 1. The van der Waals surface area contributed by atoms with Crippen LogP contribution in [0.5, 0.6) is 0 Å². The molecule has 2 amide bonds. The number of nitrogens with one attached hydrogen (secondary N) is 2. The van der Waals surface area contributed by atoms with E-state index in [4.69, 9.17) is 5.26 Å². The van der Waals surface area contributed by atoms with Crippen molar-refractivity contribution in [2.45, 2.75) is 31.7 Å². The van der Waals surface area contributed by atoms with E-state index >= 15 is 0 Å². The summed E-state index contributed by atoms with van der Waals surface area (Å²) in [5.41, 5.74) is 0.478. The molecule has 0 aromatic heterocycles. The summed E-state index contributed by atoms with van der Waals surface area (Å²) in [5, 5.41) is 14.6. The summed E-state index contributed by atoms with van der Waals surface area (Å²) in [6, 6.07) is 5.59. The van der Waals surface area contributed by atoms with Crippen molar-refractivity contribution in [3.63, 3.8) is 0 Å². The molecular weight excluding hydrogens is 257 g/mol. The first-order chi connectivity index (χ1) is 9.67. The maximum atomic E-state index is 13.0. The third-order valence-electron chi connectivity index (χ3n) is 3.91. The number of hydrogen-bond acceptors (Lipinski definition) is 2. The Kier molecular flexibility index (Phi) is 3.31. The molecule has 2 saturated carbocycles. The van der Waals surface area contributed by atoms with Gasteiger partial charge in [0.2, 0.25) is 0 Å². The van der Waals surface area contributed by atoms with E-state index in [0.29, 0.717) is 17.5 Å². The van der Waals surface area contributed by atoms with Gasteiger partial charge in [0.1, 0.15) is 11.9 Å². The van der Waals surface area contributed by atoms with E-state index in [1.54, 1.807) is 0 Å². The van der Waals surface area contributed by atoms with Crippen LogP contribution in [0.4, 0.5) is 14.9 Å². The normalized spacial score (nSPS) is 17.6. The average Bonchev–Trinajstić information content (AvgIpc) is 3.29. The molecule has 0 atom stereocenters. The third-order valence-corrected chi connectivity index (χ3v) is 3.91. The SMILES string of the molecule is N#Cc1cc(F)ccc1NC(=O)NC(C1CC1)C1CC1. The standard InChI is InChI=1S/C15H16FN3O/c16-12-5-6-13(11(7-12)8-17)18-15(20)19-14(9-1-2-9)10-3-4-10/h5-7,9-10,14H,1-4H2,(H2,18,19,20). The minimum Gasteiger partial charge on any atom is -0.335 e. The van der Waals surface area contributed by atoms with Crippen LogP contribution in [0.1, 0.15) is 31.2 Å². The van der Waals surface area contributed by atoms with Crippen LogP contribution in [0.3, 0.4) is 0 Å². The van der Waals surface area contributed by atoms with Crippen molar-refractivity contribution in [3.8, 4) is 6.07 Å². The molecule has 0 heterocycles. The fraction of sp³-hybridized carbons (Fsp3) is 0.467. The van der Waals surface area contributed by atoms with Gasteiger partial charge in [-0.2, -0.15) is 5.26 Å². The van der Waals surface area contributed by atoms with E-state index < -0.39 is 5.82 Å². The molecule has 0 spiro atoms. The van der Waals surface area contributed by atoms with Gasteiger partial charge < -0.3 is 10.6 Å². The molecular formula is C15H16FN3O.